The van der Waals surface area contributed by atoms with Crippen LogP contribution in [0.25, 0.3) is 0 Å². The molecule has 0 amide bonds. The second-order valence-corrected chi connectivity index (χ2v) is 7.36. The van der Waals surface area contributed by atoms with Crippen LogP contribution in [0.3, 0.4) is 0 Å². The maximum absolute atomic E-state index is 4.37. The van der Waals surface area contributed by atoms with Gasteiger partial charge in [-0.25, -0.2) is 0 Å². The van der Waals surface area contributed by atoms with Crippen LogP contribution in [0.1, 0.15) is 53.4 Å². The molecule has 0 bridgehead atoms. The molecule has 0 rings (SSSR count). The van der Waals surface area contributed by atoms with Crippen molar-refractivity contribution < 1.29 is 0 Å². The Morgan fingerprint density at radius 2 is 1.93 bits per heavy atom. The smallest absolute Gasteiger partial charge is 0.0612 e. The summed E-state index contributed by atoms with van der Waals surface area (Å²) in [5, 5.41) is 0.738. The first kappa shape index (κ1) is 14.7. The summed E-state index contributed by atoms with van der Waals surface area (Å²) in [6.45, 7) is 13.4. The van der Waals surface area contributed by atoms with Crippen molar-refractivity contribution in [2.75, 3.05) is 5.75 Å². The molecule has 2 unspecified atom stereocenters. The highest BCUT2D eigenvalue weighted by Gasteiger charge is 2.24. The molecule has 0 fully saturated rings. The largest absolute Gasteiger partial charge is 0.144 e. The van der Waals surface area contributed by atoms with Crippen molar-refractivity contribution in [2.24, 2.45) is 0 Å². The van der Waals surface area contributed by atoms with Gasteiger partial charge in [0.15, 0.2) is 0 Å². The van der Waals surface area contributed by atoms with Gasteiger partial charge in [0.25, 0.3) is 0 Å². The minimum Gasteiger partial charge on any atom is -0.144 e. The van der Waals surface area contributed by atoms with Crippen LogP contribution >= 0.6 is 23.5 Å². The average molecular weight is 233 g/mol. The van der Waals surface area contributed by atoms with Gasteiger partial charge in [-0.3, -0.25) is 0 Å². The summed E-state index contributed by atoms with van der Waals surface area (Å²) in [6.07, 6.45) is 5.02. The Morgan fingerprint density at radius 3 is 2.36 bits per heavy atom. The lowest BCUT2D eigenvalue weighted by Gasteiger charge is -2.29. The maximum atomic E-state index is 4.37. The molecule has 0 spiro atoms. The van der Waals surface area contributed by atoms with Gasteiger partial charge >= 0.3 is 0 Å². The molecule has 0 aliphatic heterocycles. The zero-order valence-electron chi connectivity index (χ0n) is 10.1. The predicted octanol–water partition coefficient (Wildman–Crippen LogP) is 4.99. The Bertz CT molecular complexity index is 136. The molecule has 2 heteroatoms. The third-order valence-corrected chi connectivity index (χ3v) is 5.80. The van der Waals surface area contributed by atoms with E-state index in [4.69, 9.17) is 0 Å². The first-order valence-electron chi connectivity index (χ1n) is 5.75. The lowest BCUT2D eigenvalue weighted by molar-refractivity contribution is 0.854. The summed E-state index contributed by atoms with van der Waals surface area (Å²) in [4.78, 5) is 0. The SMILES string of the molecule is [CH2]C(CC)(SCCCC)SC(C)CC. The Balaban J connectivity index is 3.90. The normalized spacial score (nSPS) is 17.8. The Labute approximate surface area is 99.0 Å². The summed E-state index contributed by atoms with van der Waals surface area (Å²) in [6, 6.07) is 0. The van der Waals surface area contributed by atoms with Crippen LogP contribution < -0.4 is 0 Å². The molecule has 0 saturated heterocycles. The number of hydrogen-bond acceptors (Lipinski definition) is 2. The standard InChI is InChI=1S/C12H25S2/c1-6-9-10-13-12(5,8-3)14-11(4)7-2/h11H,5-10H2,1-4H3. The third kappa shape index (κ3) is 6.23. The first-order chi connectivity index (χ1) is 6.58. The van der Waals surface area contributed by atoms with Crippen LogP contribution in [0.5, 0.6) is 0 Å². The lowest BCUT2D eigenvalue weighted by atomic mass is 10.3. The second kappa shape index (κ2) is 7.92. The average Bonchev–Trinajstić information content (AvgIpc) is 2.18. The molecule has 0 aromatic rings. The van der Waals surface area contributed by atoms with Gasteiger partial charge in [0.1, 0.15) is 0 Å². The summed E-state index contributed by atoms with van der Waals surface area (Å²) >= 11 is 4.09. The zero-order valence-corrected chi connectivity index (χ0v) is 11.8. The number of thioether (sulfide) groups is 2. The van der Waals surface area contributed by atoms with Crippen LogP contribution in [0.4, 0.5) is 0 Å². The van der Waals surface area contributed by atoms with Gasteiger partial charge in [0.2, 0.25) is 0 Å². The van der Waals surface area contributed by atoms with E-state index in [1.165, 1.54) is 25.0 Å². The minimum absolute atomic E-state index is 0.199. The number of hydrogen-bond donors (Lipinski definition) is 0. The highest BCUT2D eigenvalue weighted by molar-refractivity contribution is 8.18. The summed E-state index contributed by atoms with van der Waals surface area (Å²) < 4.78 is 0.199. The molecule has 0 aromatic carbocycles. The molecule has 0 aliphatic carbocycles. The van der Waals surface area contributed by atoms with Crippen LogP contribution in [0.15, 0.2) is 0 Å². The van der Waals surface area contributed by atoms with E-state index in [9.17, 15) is 0 Å². The monoisotopic (exact) mass is 233 g/mol. The topological polar surface area (TPSA) is 0 Å². The van der Waals surface area contributed by atoms with Crippen molar-refractivity contribution >= 4 is 23.5 Å². The fraction of sp³-hybridized carbons (Fsp3) is 0.917. The van der Waals surface area contributed by atoms with E-state index in [-0.39, 0.29) is 4.08 Å². The molecule has 14 heavy (non-hydrogen) atoms. The van der Waals surface area contributed by atoms with Gasteiger partial charge in [-0.1, -0.05) is 34.1 Å². The molecule has 0 aromatic heterocycles. The molecule has 0 N–H and O–H groups in total. The van der Waals surface area contributed by atoms with E-state index in [0.717, 1.165) is 11.7 Å². The van der Waals surface area contributed by atoms with Crippen molar-refractivity contribution in [3.05, 3.63) is 6.92 Å². The van der Waals surface area contributed by atoms with Gasteiger partial charge in [-0.2, -0.15) is 0 Å². The summed E-state index contributed by atoms with van der Waals surface area (Å²) in [5.41, 5.74) is 0. The van der Waals surface area contributed by atoms with Crippen molar-refractivity contribution in [3.8, 4) is 0 Å². The number of unbranched alkanes of at least 4 members (excludes halogenated alkanes) is 1. The van der Waals surface area contributed by atoms with Crippen LogP contribution in [0.2, 0.25) is 0 Å². The van der Waals surface area contributed by atoms with E-state index < -0.39 is 0 Å². The van der Waals surface area contributed by atoms with Gasteiger partial charge in [-0.15, -0.1) is 23.5 Å². The predicted molar refractivity (Wildman–Crippen MR) is 73.1 cm³/mol. The fourth-order valence-electron chi connectivity index (χ4n) is 1.07. The fourth-order valence-corrected chi connectivity index (χ4v) is 4.16. The summed E-state index contributed by atoms with van der Waals surface area (Å²) in [7, 11) is 0. The molecular formula is C12H25S2. The van der Waals surface area contributed by atoms with E-state index in [0.29, 0.717) is 0 Å². The van der Waals surface area contributed by atoms with Crippen LogP contribution in [-0.4, -0.2) is 15.1 Å². The molecule has 85 valence electrons. The molecule has 0 saturated carbocycles. The highest BCUT2D eigenvalue weighted by Crippen LogP contribution is 2.42. The number of rotatable bonds is 8. The lowest BCUT2D eigenvalue weighted by Crippen LogP contribution is -2.18. The third-order valence-electron chi connectivity index (χ3n) is 2.39. The molecule has 0 heterocycles. The van der Waals surface area contributed by atoms with E-state index in [1.807, 2.05) is 23.5 Å². The van der Waals surface area contributed by atoms with Crippen LogP contribution in [-0.2, 0) is 0 Å². The molecular weight excluding hydrogens is 208 g/mol. The van der Waals surface area contributed by atoms with Gasteiger partial charge < -0.3 is 0 Å². The molecule has 1 radical (unpaired) electrons. The Morgan fingerprint density at radius 1 is 1.29 bits per heavy atom. The molecule has 2 atom stereocenters. The first-order valence-corrected chi connectivity index (χ1v) is 7.61. The van der Waals surface area contributed by atoms with Crippen molar-refractivity contribution in [2.45, 2.75) is 62.7 Å². The maximum Gasteiger partial charge on any atom is 0.0612 e. The van der Waals surface area contributed by atoms with E-state index >= 15 is 0 Å². The van der Waals surface area contributed by atoms with Crippen molar-refractivity contribution in [1.82, 2.24) is 0 Å². The van der Waals surface area contributed by atoms with Gasteiger partial charge in [-0.05, 0) is 31.9 Å². The van der Waals surface area contributed by atoms with Gasteiger partial charge in [0.05, 0.1) is 4.08 Å². The molecule has 0 aliphatic rings. The van der Waals surface area contributed by atoms with E-state index in [2.05, 4.69) is 34.6 Å². The molecule has 0 nitrogen and oxygen atoms in total. The quantitative estimate of drug-likeness (QED) is 0.428. The van der Waals surface area contributed by atoms with E-state index in [1.54, 1.807) is 0 Å². The second-order valence-electron chi connectivity index (χ2n) is 3.80. The summed E-state index contributed by atoms with van der Waals surface area (Å²) in [5.74, 6) is 1.26. The Kier molecular flexibility index (Phi) is 8.32. The zero-order chi connectivity index (χ0) is 11.0. The highest BCUT2D eigenvalue weighted by atomic mass is 32.2. The van der Waals surface area contributed by atoms with Crippen molar-refractivity contribution in [1.29, 1.82) is 0 Å². The minimum atomic E-state index is 0.199. The Hall–Kier alpha value is 0.700. The van der Waals surface area contributed by atoms with Gasteiger partial charge in [0, 0.05) is 5.25 Å². The van der Waals surface area contributed by atoms with Crippen molar-refractivity contribution in [3.63, 3.8) is 0 Å². The van der Waals surface area contributed by atoms with Crippen LogP contribution in [0, 0.1) is 6.92 Å².